The molecule has 14 heavy (non-hydrogen) atoms. The summed E-state index contributed by atoms with van der Waals surface area (Å²) < 4.78 is 5.33. The molecule has 0 aromatic carbocycles. The standard InChI is InChI=1S/C10H10N2OS/c1-2-9-11-12-10(13-9)6-5-8-4-3-7-14-8/h3-7H,2H2,1H3/b6-5+. The third-order valence-corrected chi connectivity index (χ3v) is 2.56. The maximum absolute atomic E-state index is 5.33. The van der Waals surface area contributed by atoms with Crippen LogP contribution in [0.2, 0.25) is 0 Å². The highest BCUT2D eigenvalue weighted by Gasteiger charge is 1.99. The SMILES string of the molecule is CCc1nnc(/C=C/c2cccs2)o1. The lowest BCUT2D eigenvalue weighted by atomic mass is 10.4. The van der Waals surface area contributed by atoms with Crippen molar-refractivity contribution in [3.63, 3.8) is 0 Å². The van der Waals surface area contributed by atoms with E-state index in [1.165, 1.54) is 4.88 Å². The molecule has 2 aromatic heterocycles. The maximum atomic E-state index is 5.33. The van der Waals surface area contributed by atoms with Crippen LogP contribution < -0.4 is 0 Å². The Morgan fingerprint density at radius 1 is 1.43 bits per heavy atom. The molecule has 0 atom stereocenters. The van der Waals surface area contributed by atoms with Crippen LogP contribution >= 0.6 is 11.3 Å². The Bertz CT molecular complexity index is 417. The second kappa shape index (κ2) is 4.19. The van der Waals surface area contributed by atoms with Crippen LogP contribution in [-0.2, 0) is 6.42 Å². The molecule has 0 fully saturated rings. The minimum atomic E-state index is 0.565. The normalized spacial score (nSPS) is 11.2. The van der Waals surface area contributed by atoms with Gasteiger partial charge in [0.25, 0.3) is 0 Å². The van der Waals surface area contributed by atoms with Gasteiger partial charge in [-0.2, -0.15) is 0 Å². The van der Waals surface area contributed by atoms with E-state index in [2.05, 4.69) is 10.2 Å². The summed E-state index contributed by atoms with van der Waals surface area (Å²) in [6.07, 6.45) is 4.58. The molecule has 3 nitrogen and oxygen atoms in total. The van der Waals surface area contributed by atoms with Gasteiger partial charge in [0, 0.05) is 17.4 Å². The van der Waals surface area contributed by atoms with Gasteiger partial charge in [-0.15, -0.1) is 21.5 Å². The largest absolute Gasteiger partial charge is 0.421 e. The molecule has 0 saturated heterocycles. The first-order valence-corrected chi connectivity index (χ1v) is 5.30. The number of hydrogen-bond donors (Lipinski definition) is 0. The quantitative estimate of drug-likeness (QED) is 0.775. The molecular formula is C10H10N2OS. The first kappa shape index (κ1) is 9.15. The van der Waals surface area contributed by atoms with Crippen molar-refractivity contribution in [2.24, 2.45) is 0 Å². The van der Waals surface area contributed by atoms with E-state index in [4.69, 9.17) is 4.42 Å². The molecule has 0 aliphatic carbocycles. The van der Waals surface area contributed by atoms with Crippen LogP contribution in [0.15, 0.2) is 21.9 Å². The van der Waals surface area contributed by atoms with Crippen molar-refractivity contribution in [3.05, 3.63) is 34.2 Å². The number of nitrogens with zero attached hydrogens (tertiary/aromatic N) is 2. The van der Waals surface area contributed by atoms with Crippen LogP contribution in [0.4, 0.5) is 0 Å². The van der Waals surface area contributed by atoms with Crippen molar-refractivity contribution in [3.8, 4) is 0 Å². The van der Waals surface area contributed by atoms with E-state index in [0.717, 1.165) is 6.42 Å². The molecule has 2 aromatic rings. The molecule has 4 heteroatoms. The topological polar surface area (TPSA) is 38.9 Å². The summed E-state index contributed by atoms with van der Waals surface area (Å²) in [6.45, 7) is 1.99. The van der Waals surface area contributed by atoms with Crippen LogP contribution in [0.5, 0.6) is 0 Å². The number of rotatable bonds is 3. The van der Waals surface area contributed by atoms with E-state index < -0.39 is 0 Å². The van der Waals surface area contributed by atoms with Gasteiger partial charge in [-0.1, -0.05) is 13.0 Å². The van der Waals surface area contributed by atoms with Gasteiger partial charge in [0.05, 0.1) is 0 Å². The van der Waals surface area contributed by atoms with E-state index in [1.807, 2.05) is 36.6 Å². The molecule has 0 spiro atoms. The molecule has 72 valence electrons. The van der Waals surface area contributed by atoms with Crippen LogP contribution in [0.3, 0.4) is 0 Å². The lowest BCUT2D eigenvalue weighted by molar-refractivity contribution is 0.492. The summed E-state index contributed by atoms with van der Waals surface area (Å²) in [5.41, 5.74) is 0. The molecule has 0 unspecified atom stereocenters. The Hall–Kier alpha value is -1.42. The van der Waals surface area contributed by atoms with Crippen molar-refractivity contribution in [2.75, 3.05) is 0 Å². The number of aryl methyl sites for hydroxylation is 1. The van der Waals surface area contributed by atoms with Crippen molar-refractivity contribution < 1.29 is 4.42 Å². The van der Waals surface area contributed by atoms with Gasteiger partial charge >= 0.3 is 0 Å². The second-order valence-corrected chi connectivity index (χ2v) is 3.72. The Morgan fingerprint density at radius 3 is 3.00 bits per heavy atom. The number of hydrogen-bond acceptors (Lipinski definition) is 4. The summed E-state index contributed by atoms with van der Waals surface area (Å²) in [7, 11) is 0. The molecule has 2 heterocycles. The van der Waals surface area contributed by atoms with E-state index in [1.54, 1.807) is 11.3 Å². The van der Waals surface area contributed by atoms with Crippen LogP contribution in [-0.4, -0.2) is 10.2 Å². The van der Waals surface area contributed by atoms with Crippen molar-refractivity contribution in [1.82, 2.24) is 10.2 Å². The first-order valence-electron chi connectivity index (χ1n) is 4.42. The Balaban J connectivity index is 2.10. The van der Waals surface area contributed by atoms with E-state index >= 15 is 0 Å². The Morgan fingerprint density at radius 2 is 2.36 bits per heavy atom. The van der Waals surface area contributed by atoms with Crippen molar-refractivity contribution in [2.45, 2.75) is 13.3 Å². The predicted octanol–water partition coefficient (Wildman–Crippen LogP) is 2.86. The number of aromatic nitrogens is 2. The van der Waals surface area contributed by atoms with Gasteiger partial charge in [-0.3, -0.25) is 0 Å². The van der Waals surface area contributed by atoms with Crippen LogP contribution in [0.1, 0.15) is 23.6 Å². The fourth-order valence-corrected chi connectivity index (χ4v) is 1.63. The Labute approximate surface area is 86.1 Å². The average Bonchev–Trinajstić information content (AvgIpc) is 2.86. The van der Waals surface area contributed by atoms with Gasteiger partial charge in [0.1, 0.15) is 0 Å². The third-order valence-electron chi connectivity index (χ3n) is 1.72. The second-order valence-electron chi connectivity index (χ2n) is 2.74. The monoisotopic (exact) mass is 206 g/mol. The average molecular weight is 206 g/mol. The van der Waals surface area contributed by atoms with E-state index in [9.17, 15) is 0 Å². The molecule has 0 aliphatic heterocycles. The molecule has 0 aliphatic rings. The predicted molar refractivity (Wildman–Crippen MR) is 56.9 cm³/mol. The Kier molecular flexibility index (Phi) is 2.74. The van der Waals surface area contributed by atoms with Gasteiger partial charge in [-0.25, -0.2) is 0 Å². The molecule has 0 amide bonds. The molecule has 0 N–H and O–H groups in total. The molecule has 2 rings (SSSR count). The van der Waals surface area contributed by atoms with Gasteiger partial charge in [-0.05, 0) is 17.5 Å². The maximum Gasteiger partial charge on any atom is 0.240 e. The highest BCUT2D eigenvalue weighted by molar-refractivity contribution is 7.10. The minimum Gasteiger partial charge on any atom is -0.421 e. The molecule has 0 bridgehead atoms. The summed E-state index contributed by atoms with van der Waals surface area (Å²) in [4.78, 5) is 1.18. The summed E-state index contributed by atoms with van der Waals surface area (Å²) in [5.74, 6) is 1.24. The van der Waals surface area contributed by atoms with Crippen molar-refractivity contribution in [1.29, 1.82) is 0 Å². The fraction of sp³-hybridized carbons (Fsp3) is 0.200. The zero-order valence-electron chi connectivity index (χ0n) is 7.80. The first-order chi connectivity index (χ1) is 6.88. The molecule has 0 saturated carbocycles. The zero-order valence-corrected chi connectivity index (χ0v) is 8.62. The zero-order chi connectivity index (χ0) is 9.80. The van der Waals surface area contributed by atoms with E-state index in [-0.39, 0.29) is 0 Å². The summed E-state index contributed by atoms with van der Waals surface area (Å²) >= 11 is 1.68. The lowest BCUT2D eigenvalue weighted by Gasteiger charge is -1.82. The minimum absolute atomic E-state index is 0.565. The number of thiophene rings is 1. The summed E-state index contributed by atoms with van der Waals surface area (Å²) in [5, 5.41) is 9.79. The van der Waals surface area contributed by atoms with Crippen molar-refractivity contribution >= 4 is 23.5 Å². The lowest BCUT2D eigenvalue weighted by Crippen LogP contribution is -1.76. The van der Waals surface area contributed by atoms with E-state index in [0.29, 0.717) is 11.8 Å². The third kappa shape index (κ3) is 2.09. The van der Waals surface area contributed by atoms with Crippen LogP contribution in [0, 0.1) is 0 Å². The highest BCUT2D eigenvalue weighted by Crippen LogP contribution is 2.12. The summed E-state index contributed by atoms with van der Waals surface area (Å²) in [6, 6.07) is 4.05. The fourth-order valence-electron chi connectivity index (χ4n) is 1.02. The van der Waals surface area contributed by atoms with Crippen LogP contribution in [0.25, 0.3) is 12.2 Å². The van der Waals surface area contributed by atoms with Gasteiger partial charge in [0.15, 0.2) is 0 Å². The highest BCUT2D eigenvalue weighted by atomic mass is 32.1. The van der Waals surface area contributed by atoms with Gasteiger partial charge in [0.2, 0.25) is 11.8 Å². The molecule has 0 radical (unpaired) electrons. The van der Waals surface area contributed by atoms with Gasteiger partial charge < -0.3 is 4.42 Å². The molecular weight excluding hydrogens is 196 g/mol. The smallest absolute Gasteiger partial charge is 0.240 e.